The number of carboxylic acids is 1. The molecule has 9 nitrogen and oxygen atoms in total. The molecule has 1 atom stereocenters. The first-order chi connectivity index (χ1) is 11.8. The lowest BCUT2D eigenvalue weighted by Crippen LogP contribution is -2.48. The molecule has 134 valence electrons. The third-order valence-electron chi connectivity index (χ3n) is 4.10. The second-order valence-electron chi connectivity index (χ2n) is 5.70. The highest BCUT2D eigenvalue weighted by atomic mass is 16.4. The Hall–Kier alpha value is -2.97. The molecule has 1 saturated heterocycles. The molecule has 0 aliphatic carbocycles. The van der Waals surface area contributed by atoms with E-state index in [4.69, 9.17) is 5.11 Å². The van der Waals surface area contributed by atoms with Crippen LogP contribution in [0.3, 0.4) is 0 Å². The fourth-order valence-corrected chi connectivity index (χ4v) is 2.74. The Kier molecular flexibility index (Phi) is 5.68. The number of carbonyl (C=O) groups excluding carboxylic acids is 3. The van der Waals surface area contributed by atoms with Gasteiger partial charge >= 0.3 is 5.97 Å². The summed E-state index contributed by atoms with van der Waals surface area (Å²) in [6.45, 7) is 1.76. The summed E-state index contributed by atoms with van der Waals surface area (Å²) in [5.74, 6) is -2.37. The lowest BCUT2D eigenvalue weighted by atomic mass is 10.1. The van der Waals surface area contributed by atoms with Gasteiger partial charge in [-0.2, -0.15) is 0 Å². The van der Waals surface area contributed by atoms with Crippen LogP contribution in [0.25, 0.3) is 0 Å². The summed E-state index contributed by atoms with van der Waals surface area (Å²) in [7, 11) is 1.51. The number of nitrogens with zero attached hydrogens (tertiary/aromatic N) is 2. The van der Waals surface area contributed by atoms with Crippen molar-refractivity contribution < 1.29 is 24.3 Å². The topological polar surface area (TPSA) is 129 Å². The molecule has 0 spiro atoms. The van der Waals surface area contributed by atoms with Crippen LogP contribution >= 0.6 is 0 Å². The predicted octanol–water partition coefficient (Wildman–Crippen LogP) is -0.445. The minimum absolute atomic E-state index is 0.0944. The molecule has 2 rings (SSSR count). The van der Waals surface area contributed by atoms with Crippen molar-refractivity contribution in [3.63, 3.8) is 0 Å². The second-order valence-corrected chi connectivity index (χ2v) is 5.70. The van der Waals surface area contributed by atoms with E-state index >= 15 is 0 Å². The summed E-state index contributed by atoms with van der Waals surface area (Å²) in [6, 6.07) is 0.696. The molecule has 0 bridgehead atoms. The van der Waals surface area contributed by atoms with E-state index in [1.807, 2.05) is 0 Å². The van der Waals surface area contributed by atoms with Crippen LogP contribution in [0.2, 0.25) is 0 Å². The lowest BCUT2D eigenvalue weighted by molar-refractivity contribution is -0.137. The molecule has 2 heterocycles. The van der Waals surface area contributed by atoms with Crippen LogP contribution in [-0.4, -0.2) is 64.9 Å². The van der Waals surface area contributed by atoms with E-state index in [9.17, 15) is 19.2 Å². The number of nitrogens with one attached hydrogen (secondary N) is 2. The largest absolute Gasteiger partial charge is 0.478 e. The number of hydrogen-bond acceptors (Lipinski definition) is 5. The first-order valence-corrected chi connectivity index (χ1v) is 7.84. The zero-order valence-corrected chi connectivity index (χ0v) is 14.0. The van der Waals surface area contributed by atoms with E-state index in [-0.39, 0.29) is 29.5 Å². The van der Waals surface area contributed by atoms with Gasteiger partial charge in [0.2, 0.25) is 11.8 Å². The number of pyridine rings is 1. The molecule has 0 saturated carbocycles. The van der Waals surface area contributed by atoms with Gasteiger partial charge < -0.3 is 20.6 Å². The molecule has 1 fully saturated rings. The summed E-state index contributed by atoms with van der Waals surface area (Å²) >= 11 is 0. The van der Waals surface area contributed by atoms with Gasteiger partial charge in [0.05, 0.1) is 23.4 Å². The first-order valence-electron chi connectivity index (χ1n) is 7.84. The van der Waals surface area contributed by atoms with Gasteiger partial charge in [0.15, 0.2) is 0 Å². The van der Waals surface area contributed by atoms with Crippen molar-refractivity contribution in [2.24, 2.45) is 0 Å². The molecule has 0 aromatic carbocycles. The number of likely N-dealkylation sites (tertiary alicyclic amines) is 1. The van der Waals surface area contributed by atoms with E-state index in [1.54, 1.807) is 6.92 Å². The fourth-order valence-electron chi connectivity index (χ4n) is 2.74. The Bertz CT molecular complexity index is 718. The van der Waals surface area contributed by atoms with Crippen LogP contribution in [0, 0.1) is 6.92 Å². The van der Waals surface area contributed by atoms with E-state index < -0.39 is 17.9 Å². The molecule has 1 aromatic heterocycles. The van der Waals surface area contributed by atoms with E-state index in [1.165, 1.54) is 18.0 Å². The van der Waals surface area contributed by atoms with E-state index in [0.717, 1.165) is 12.6 Å². The number of aryl methyl sites for hydroxylation is 1. The number of rotatable bonds is 5. The van der Waals surface area contributed by atoms with Gasteiger partial charge in [0, 0.05) is 19.8 Å². The molecular weight excluding hydrogens is 328 g/mol. The molecule has 25 heavy (non-hydrogen) atoms. The van der Waals surface area contributed by atoms with Crippen molar-refractivity contribution in [2.45, 2.75) is 25.8 Å². The van der Waals surface area contributed by atoms with Crippen LogP contribution in [0.1, 0.15) is 39.3 Å². The fraction of sp³-hybridized carbons (Fsp3) is 0.438. The smallest absolute Gasteiger partial charge is 0.337 e. The van der Waals surface area contributed by atoms with Gasteiger partial charge in [-0.1, -0.05) is 0 Å². The Morgan fingerprint density at radius 3 is 2.72 bits per heavy atom. The number of carboxylic acid groups (broad SMARTS) is 1. The Morgan fingerprint density at radius 2 is 2.08 bits per heavy atom. The molecule has 3 N–H and O–H groups in total. The van der Waals surface area contributed by atoms with Crippen LogP contribution < -0.4 is 10.6 Å². The average Bonchev–Trinajstić information content (AvgIpc) is 3.08. The van der Waals surface area contributed by atoms with Crippen molar-refractivity contribution >= 4 is 23.7 Å². The molecule has 9 heteroatoms. The van der Waals surface area contributed by atoms with E-state index in [0.29, 0.717) is 18.7 Å². The van der Waals surface area contributed by atoms with Crippen molar-refractivity contribution in [1.29, 1.82) is 0 Å². The maximum atomic E-state index is 12.3. The third-order valence-corrected chi connectivity index (χ3v) is 4.10. The Morgan fingerprint density at radius 1 is 1.36 bits per heavy atom. The highest BCUT2D eigenvalue weighted by molar-refractivity contribution is 6.00. The molecule has 0 radical (unpaired) electrons. The summed E-state index contributed by atoms with van der Waals surface area (Å²) < 4.78 is 0. The number of aromatic carboxylic acids is 1. The highest BCUT2D eigenvalue weighted by Crippen LogP contribution is 2.17. The van der Waals surface area contributed by atoms with Crippen molar-refractivity contribution in [3.05, 3.63) is 29.1 Å². The molecular formula is C16H20N4O5. The van der Waals surface area contributed by atoms with Gasteiger partial charge in [0.1, 0.15) is 6.04 Å². The Labute approximate surface area is 144 Å². The number of likely N-dealkylation sites (N-methyl/N-ethyl adjacent to an activating group) is 1. The molecule has 1 aromatic rings. The van der Waals surface area contributed by atoms with Gasteiger partial charge in [-0.3, -0.25) is 19.4 Å². The molecule has 1 aliphatic rings. The summed E-state index contributed by atoms with van der Waals surface area (Å²) in [4.78, 5) is 52.6. The number of amides is 3. The molecule has 1 unspecified atom stereocenters. The zero-order chi connectivity index (χ0) is 18.6. The summed E-state index contributed by atoms with van der Waals surface area (Å²) in [5, 5.41) is 14.0. The average molecular weight is 348 g/mol. The summed E-state index contributed by atoms with van der Waals surface area (Å²) in [6.07, 6.45) is 2.47. The first kappa shape index (κ1) is 18.4. The van der Waals surface area contributed by atoms with Crippen LogP contribution in [-0.2, 0) is 9.59 Å². The standard InChI is InChI=1S/C16H20N4O5/c1-9-11(6-10(7-18-9)16(24)25)14(22)19-8-13(21)20-5-3-4-12(20)15(23)17-2/h6-7,12H,3-5,8H2,1-2H3,(H,17,23)(H,19,22)(H,24,25). The monoisotopic (exact) mass is 348 g/mol. The van der Waals surface area contributed by atoms with Crippen LogP contribution in [0.15, 0.2) is 12.3 Å². The van der Waals surface area contributed by atoms with Gasteiger partial charge in [-0.15, -0.1) is 0 Å². The maximum Gasteiger partial charge on any atom is 0.337 e. The number of carbonyl (C=O) groups is 4. The maximum absolute atomic E-state index is 12.3. The number of aromatic nitrogens is 1. The molecule has 1 aliphatic heterocycles. The normalized spacial score (nSPS) is 16.4. The van der Waals surface area contributed by atoms with Crippen LogP contribution in [0.5, 0.6) is 0 Å². The van der Waals surface area contributed by atoms with E-state index in [2.05, 4.69) is 15.6 Å². The van der Waals surface area contributed by atoms with Crippen LogP contribution in [0.4, 0.5) is 0 Å². The van der Waals surface area contributed by atoms with Gasteiger partial charge in [-0.25, -0.2) is 4.79 Å². The quantitative estimate of drug-likeness (QED) is 0.661. The minimum Gasteiger partial charge on any atom is -0.478 e. The third kappa shape index (κ3) is 4.11. The van der Waals surface area contributed by atoms with Crippen molar-refractivity contribution in [2.75, 3.05) is 20.1 Å². The Balaban J connectivity index is 2.02. The minimum atomic E-state index is -1.19. The van der Waals surface area contributed by atoms with Crippen molar-refractivity contribution in [1.82, 2.24) is 20.5 Å². The van der Waals surface area contributed by atoms with Gasteiger partial charge in [0.25, 0.3) is 5.91 Å². The van der Waals surface area contributed by atoms with Crippen molar-refractivity contribution in [3.8, 4) is 0 Å². The SMILES string of the molecule is CNC(=O)C1CCCN1C(=O)CNC(=O)c1cc(C(=O)O)cnc1C. The second kappa shape index (κ2) is 7.73. The lowest BCUT2D eigenvalue weighted by Gasteiger charge is -2.23. The molecule has 3 amide bonds. The summed E-state index contributed by atoms with van der Waals surface area (Å²) in [5.41, 5.74) is 0.345. The zero-order valence-electron chi connectivity index (χ0n) is 14.0. The predicted molar refractivity (Wildman–Crippen MR) is 87.1 cm³/mol. The van der Waals surface area contributed by atoms with Gasteiger partial charge in [-0.05, 0) is 25.8 Å². The number of hydrogen-bond donors (Lipinski definition) is 3. The highest BCUT2D eigenvalue weighted by Gasteiger charge is 2.33.